The van der Waals surface area contributed by atoms with Crippen molar-refractivity contribution >= 4 is 17.3 Å². The highest BCUT2D eigenvalue weighted by Gasteiger charge is 2.30. The lowest BCUT2D eigenvalue weighted by atomic mass is 10.1. The first-order chi connectivity index (χ1) is 8.78. The van der Waals surface area contributed by atoms with Crippen LogP contribution < -0.4 is 15.0 Å². The first-order valence-electron chi connectivity index (χ1n) is 6.58. The number of benzene rings is 1. The Hall–Kier alpha value is -1.71. The average Bonchev–Trinajstić information content (AvgIpc) is 3.14. The summed E-state index contributed by atoms with van der Waals surface area (Å²) in [7, 11) is 0. The maximum Gasteiger partial charge on any atom is 0.244 e. The Morgan fingerprint density at radius 1 is 1.44 bits per heavy atom. The summed E-state index contributed by atoms with van der Waals surface area (Å²) in [5.74, 6) is 1.58. The first kappa shape index (κ1) is 11.4. The summed E-state index contributed by atoms with van der Waals surface area (Å²) in [6.07, 6.45) is 2.58. The Balaban J connectivity index is 1.93. The number of rotatable bonds is 4. The molecule has 1 aliphatic carbocycles. The van der Waals surface area contributed by atoms with Crippen LogP contribution in [0, 0.1) is 5.92 Å². The number of hydrogen-bond donors (Lipinski definition) is 1. The molecule has 18 heavy (non-hydrogen) atoms. The number of carbonyl (C=O) groups is 1. The zero-order chi connectivity index (χ0) is 12.5. The highest BCUT2D eigenvalue weighted by atomic mass is 16.5. The molecule has 4 heteroatoms. The summed E-state index contributed by atoms with van der Waals surface area (Å²) < 4.78 is 5.58. The summed E-state index contributed by atoms with van der Waals surface area (Å²) in [6, 6.07) is 5.95. The molecule has 1 fully saturated rings. The molecule has 1 amide bonds. The summed E-state index contributed by atoms with van der Waals surface area (Å²) in [5, 5.41) is 2.93. The molecular formula is C14H18N2O2. The van der Waals surface area contributed by atoms with E-state index in [9.17, 15) is 4.79 Å². The number of fused-ring (bicyclic) bond motifs is 1. The minimum absolute atomic E-state index is 0.0512. The maximum absolute atomic E-state index is 11.8. The van der Waals surface area contributed by atoms with Crippen LogP contribution in [0.2, 0.25) is 0 Å². The molecule has 1 aliphatic heterocycles. The van der Waals surface area contributed by atoms with Gasteiger partial charge in [-0.2, -0.15) is 0 Å². The Morgan fingerprint density at radius 2 is 2.28 bits per heavy atom. The van der Waals surface area contributed by atoms with Gasteiger partial charge < -0.3 is 15.0 Å². The van der Waals surface area contributed by atoms with Crippen LogP contribution in [0.5, 0.6) is 5.75 Å². The summed E-state index contributed by atoms with van der Waals surface area (Å²) in [6.45, 7) is 4.00. The topological polar surface area (TPSA) is 41.6 Å². The second kappa shape index (κ2) is 4.52. The van der Waals surface area contributed by atoms with Crippen molar-refractivity contribution in [2.75, 3.05) is 29.9 Å². The van der Waals surface area contributed by atoms with Gasteiger partial charge in [0.25, 0.3) is 0 Å². The second-order valence-electron chi connectivity index (χ2n) is 4.96. The fourth-order valence-electron chi connectivity index (χ4n) is 2.40. The van der Waals surface area contributed by atoms with Gasteiger partial charge in [0.2, 0.25) is 5.91 Å². The summed E-state index contributed by atoms with van der Waals surface area (Å²) >= 11 is 0. The fourth-order valence-corrected chi connectivity index (χ4v) is 2.40. The number of ether oxygens (including phenoxy) is 1. The molecule has 1 aromatic carbocycles. The molecule has 0 aromatic heterocycles. The van der Waals surface area contributed by atoms with E-state index in [0.717, 1.165) is 29.6 Å². The normalized spacial score (nSPS) is 18.3. The molecule has 2 aliphatic rings. The highest BCUT2D eigenvalue weighted by Crippen LogP contribution is 2.40. The molecule has 0 unspecified atom stereocenters. The van der Waals surface area contributed by atoms with Crippen molar-refractivity contribution in [3.63, 3.8) is 0 Å². The number of amides is 1. The molecule has 0 atom stereocenters. The molecular weight excluding hydrogens is 228 g/mol. The zero-order valence-corrected chi connectivity index (χ0v) is 10.6. The number of anilines is 2. The second-order valence-corrected chi connectivity index (χ2v) is 4.96. The Kier molecular flexibility index (Phi) is 2.86. The minimum atomic E-state index is 0.0512. The Labute approximate surface area is 107 Å². The number of nitrogens with one attached hydrogen (secondary N) is 1. The van der Waals surface area contributed by atoms with Crippen LogP contribution in [0.15, 0.2) is 18.2 Å². The van der Waals surface area contributed by atoms with Gasteiger partial charge in [0.05, 0.1) is 18.8 Å². The number of para-hydroxylation sites is 1. The van der Waals surface area contributed by atoms with Crippen molar-refractivity contribution in [1.82, 2.24) is 0 Å². The molecule has 4 nitrogen and oxygen atoms in total. The predicted octanol–water partition coefficient (Wildman–Crippen LogP) is 2.25. The monoisotopic (exact) mass is 246 g/mol. The van der Waals surface area contributed by atoms with E-state index in [-0.39, 0.29) is 5.91 Å². The van der Waals surface area contributed by atoms with Gasteiger partial charge in [-0.05, 0) is 37.8 Å². The SMILES string of the molecule is CCOc1cccc2c1NC(=O)CN2CC1CC1. The molecule has 0 saturated heterocycles. The smallest absolute Gasteiger partial charge is 0.244 e. The van der Waals surface area contributed by atoms with E-state index >= 15 is 0 Å². The van der Waals surface area contributed by atoms with Crippen LogP contribution in [-0.4, -0.2) is 25.6 Å². The molecule has 1 heterocycles. The van der Waals surface area contributed by atoms with Crippen molar-refractivity contribution in [3.8, 4) is 5.75 Å². The van der Waals surface area contributed by atoms with E-state index < -0.39 is 0 Å². The zero-order valence-electron chi connectivity index (χ0n) is 10.6. The third kappa shape index (κ3) is 2.15. The maximum atomic E-state index is 11.8. The first-order valence-corrected chi connectivity index (χ1v) is 6.58. The van der Waals surface area contributed by atoms with Crippen LogP contribution in [0.1, 0.15) is 19.8 Å². The van der Waals surface area contributed by atoms with Gasteiger partial charge in [0.15, 0.2) is 0 Å². The summed E-state index contributed by atoms with van der Waals surface area (Å²) in [4.78, 5) is 14.0. The van der Waals surface area contributed by atoms with E-state index in [1.54, 1.807) is 0 Å². The number of carbonyl (C=O) groups excluding carboxylic acids is 1. The van der Waals surface area contributed by atoms with E-state index in [1.165, 1.54) is 12.8 Å². The Morgan fingerprint density at radius 3 is 3.00 bits per heavy atom. The lowest BCUT2D eigenvalue weighted by Crippen LogP contribution is -2.39. The fraction of sp³-hybridized carbons (Fsp3) is 0.500. The van der Waals surface area contributed by atoms with Crippen molar-refractivity contribution in [3.05, 3.63) is 18.2 Å². The molecule has 1 N–H and O–H groups in total. The standard InChI is InChI=1S/C14H18N2O2/c1-2-18-12-5-3-4-11-14(12)15-13(17)9-16(11)8-10-6-7-10/h3-5,10H,2,6-9H2,1H3,(H,15,17). The van der Waals surface area contributed by atoms with Gasteiger partial charge in [-0.15, -0.1) is 0 Å². The molecule has 0 bridgehead atoms. The van der Waals surface area contributed by atoms with E-state index in [4.69, 9.17) is 4.74 Å². The predicted molar refractivity (Wildman–Crippen MR) is 71.2 cm³/mol. The largest absolute Gasteiger partial charge is 0.492 e. The van der Waals surface area contributed by atoms with Crippen molar-refractivity contribution in [2.24, 2.45) is 5.92 Å². The minimum Gasteiger partial charge on any atom is -0.492 e. The molecule has 0 spiro atoms. The van der Waals surface area contributed by atoms with Crippen LogP contribution in [0.25, 0.3) is 0 Å². The van der Waals surface area contributed by atoms with Crippen LogP contribution in [-0.2, 0) is 4.79 Å². The third-order valence-electron chi connectivity index (χ3n) is 3.42. The van der Waals surface area contributed by atoms with Crippen molar-refractivity contribution < 1.29 is 9.53 Å². The third-order valence-corrected chi connectivity index (χ3v) is 3.42. The van der Waals surface area contributed by atoms with Crippen molar-refractivity contribution in [2.45, 2.75) is 19.8 Å². The van der Waals surface area contributed by atoms with Gasteiger partial charge in [-0.1, -0.05) is 6.07 Å². The number of hydrogen-bond acceptors (Lipinski definition) is 3. The Bertz CT molecular complexity index is 469. The summed E-state index contributed by atoms with van der Waals surface area (Å²) in [5.41, 5.74) is 1.92. The molecule has 0 radical (unpaired) electrons. The quantitative estimate of drug-likeness (QED) is 0.886. The van der Waals surface area contributed by atoms with Gasteiger partial charge in [0, 0.05) is 6.54 Å². The lowest BCUT2D eigenvalue weighted by molar-refractivity contribution is -0.115. The van der Waals surface area contributed by atoms with Gasteiger partial charge in [-0.25, -0.2) is 0 Å². The molecule has 3 rings (SSSR count). The average molecular weight is 246 g/mol. The van der Waals surface area contributed by atoms with Crippen LogP contribution in [0.3, 0.4) is 0 Å². The number of nitrogens with zero attached hydrogens (tertiary/aromatic N) is 1. The van der Waals surface area contributed by atoms with Crippen molar-refractivity contribution in [1.29, 1.82) is 0 Å². The van der Waals surface area contributed by atoms with E-state index in [2.05, 4.69) is 16.3 Å². The van der Waals surface area contributed by atoms with Gasteiger partial charge in [-0.3, -0.25) is 4.79 Å². The lowest BCUT2D eigenvalue weighted by Gasteiger charge is -2.31. The highest BCUT2D eigenvalue weighted by molar-refractivity contribution is 6.03. The van der Waals surface area contributed by atoms with Gasteiger partial charge in [0.1, 0.15) is 11.4 Å². The van der Waals surface area contributed by atoms with E-state index in [0.29, 0.717) is 13.2 Å². The van der Waals surface area contributed by atoms with E-state index in [1.807, 2.05) is 19.1 Å². The molecule has 96 valence electrons. The van der Waals surface area contributed by atoms with Crippen LogP contribution >= 0.6 is 0 Å². The van der Waals surface area contributed by atoms with Gasteiger partial charge >= 0.3 is 0 Å². The molecule has 1 aromatic rings. The molecule has 1 saturated carbocycles. The van der Waals surface area contributed by atoms with Crippen LogP contribution in [0.4, 0.5) is 11.4 Å².